The van der Waals surface area contributed by atoms with Gasteiger partial charge >= 0.3 is 0 Å². The van der Waals surface area contributed by atoms with Crippen LogP contribution in [0, 0.1) is 5.92 Å². The van der Waals surface area contributed by atoms with Gasteiger partial charge in [0.05, 0.1) is 11.8 Å². The number of nitrogens with one attached hydrogen (secondary N) is 1. The SMILES string of the molecule is O=C(CSc1nc(O)cc(=O)[nH]1)N1C[C@@H]2C[C@H](C1)c1cccc(=O)n1C2. The number of aromatic nitrogens is 3. The minimum Gasteiger partial charge on any atom is -0.493 e. The first-order valence-corrected chi connectivity index (χ1v) is 9.39. The van der Waals surface area contributed by atoms with E-state index in [4.69, 9.17) is 0 Å². The summed E-state index contributed by atoms with van der Waals surface area (Å²) >= 11 is 1.09. The molecule has 0 unspecified atom stereocenters. The van der Waals surface area contributed by atoms with Gasteiger partial charge in [0.2, 0.25) is 11.8 Å². The number of thioether (sulfide) groups is 1. The zero-order valence-electron chi connectivity index (χ0n) is 13.9. The van der Waals surface area contributed by atoms with Crippen molar-refractivity contribution in [3.8, 4) is 5.88 Å². The summed E-state index contributed by atoms with van der Waals surface area (Å²) in [5, 5.41) is 9.58. The Morgan fingerprint density at radius 3 is 2.96 bits per heavy atom. The summed E-state index contributed by atoms with van der Waals surface area (Å²) < 4.78 is 1.83. The summed E-state index contributed by atoms with van der Waals surface area (Å²) in [5.74, 6) is 0.173. The monoisotopic (exact) mass is 374 g/mol. The van der Waals surface area contributed by atoms with Gasteiger partial charge in [-0.05, 0) is 18.4 Å². The molecule has 136 valence electrons. The van der Waals surface area contributed by atoms with Crippen LogP contribution in [0.2, 0.25) is 0 Å². The van der Waals surface area contributed by atoms with Gasteiger partial charge in [-0.2, -0.15) is 4.98 Å². The first kappa shape index (κ1) is 16.9. The highest BCUT2D eigenvalue weighted by Gasteiger charge is 2.36. The molecule has 2 N–H and O–H groups in total. The van der Waals surface area contributed by atoms with Crippen molar-refractivity contribution in [3.63, 3.8) is 0 Å². The van der Waals surface area contributed by atoms with Gasteiger partial charge in [-0.25, -0.2) is 0 Å². The number of fused-ring (bicyclic) bond motifs is 4. The number of pyridine rings is 1. The number of nitrogens with zero attached hydrogens (tertiary/aromatic N) is 3. The lowest BCUT2D eigenvalue weighted by Crippen LogP contribution is -2.49. The van der Waals surface area contributed by atoms with Crippen LogP contribution in [-0.4, -0.2) is 49.3 Å². The number of hydrogen-bond donors (Lipinski definition) is 2. The summed E-state index contributed by atoms with van der Waals surface area (Å²) in [7, 11) is 0. The van der Waals surface area contributed by atoms with Gasteiger partial charge < -0.3 is 19.6 Å². The predicted octanol–water partition coefficient (Wildman–Crippen LogP) is 0.375. The Morgan fingerprint density at radius 2 is 2.15 bits per heavy atom. The lowest BCUT2D eigenvalue weighted by molar-refractivity contribution is -0.131. The van der Waals surface area contributed by atoms with Crippen molar-refractivity contribution in [1.29, 1.82) is 0 Å². The van der Waals surface area contributed by atoms with Crippen molar-refractivity contribution in [2.75, 3.05) is 18.8 Å². The molecule has 4 rings (SSSR count). The van der Waals surface area contributed by atoms with Gasteiger partial charge in [-0.15, -0.1) is 0 Å². The minimum absolute atomic E-state index is 0.0199. The van der Waals surface area contributed by atoms with Gasteiger partial charge in [0.1, 0.15) is 0 Å². The Bertz CT molecular complexity index is 970. The Labute approximate surface area is 152 Å². The van der Waals surface area contributed by atoms with Gasteiger partial charge in [0.15, 0.2) is 5.16 Å². The van der Waals surface area contributed by atoms with Gasteiger partial charge in [-0.1, -0.05) is 17.8 Å². The van der Waals surface area contributed by atoms with Crippen LogP contribution in [0.15, 0.2) is 39.0 Å². The van der Waals surface area contributed by atoms with Crippen LogP contribution in [0.25, 0.3) is 0 Å². The molecule has 2 atom stereocenters. The van der Waals surface area contributed by atoms with E-state index in [0.717, 1.165) is 29.9 Å². The van der Waals surface area contributed by atoms with E-state index in [-0.39, 0.29) is 40.1 Å². The predicted molar refractivity (Wildman–Crippen MR) is 95.4 cm³/mol. The molecule has 0 saturated carbocycles. The molecule has 0 aliphatic carbocycles. The van der Waals surface area contributed by atoms with Crippen LogP contribution in [0.1, 0.15) is 18.0 Å². The highest BCUT2D eigenvalue weighted by atomic mass is 32.2. The van der Waals surface area contributed by atoms with Crippen molar-refractivity contribution in [1.82, 2.24) is 19.4 Å². The molecule has 9 heteroatoms. The number of aromatic hydroxyl groups is 1. The number of piperidine rings is 1. The van der Waals surface area contributed by atoms with E-state index < -0.39 is 5.56 Å². The Hall–Kier alpha value is -2.55. The van der Waals surface area contributed by atoms with Gasteiger partial charge in [0, 0.05) is 37.3 Å². The molecule has 2 aliphatic heterocycles. The molecule has 4 heterocycles. The number of H-pyrrole nitrogens is 1. The number of carbonyl (C=O) groups excluding carboxylic acids is 1. The van der Waals surface area contributed by atoms with E-state index >= 15 is 0 Å². The fourth-order valence-corrected chi connectivity index (χ4v) is 4.59. The fraction of sp³-hybridized carbons (Fsp3) is 0.412. The largest absolute Gasteiger partial charge is 0.493 e. The molecule has 2 aromatic rings. The molecule has 2 bridgehead atoms. The third-order valence-electron chi connectivity index (χ3n) is 4.87. The second-order valence-corrected chi connectivity index (χ2v) is 7.66. The second-order valence-electron chi connectivity index (χ2n) is 6.69. The molecule has 26 heavy (non-hydrogen) atoms. The number of hydrogen-bond acceptors (Lipinski definition) is 6. The maximum Gasteiger partial charge on any atom is 0.255 e. The lowest BCUT2D eigenvalue weighted by Gasteiger charge is -2.42. The molecular weight excluding hydrogens is 356 g/mol. The number of rotatable bonds is 3. The van der Waals surface area contributed by atoms with E-state index in [1.165, 1.54) is 0 Å². The lowest BCUT2D eigenvalue weighted by atomic mass is 9.83. The Balaban J connectivity index is 1.45. The van der Waals surface area contributed by atoms with E-state index in [0.29, 0.717) is 19.6 Å². The van der Waals surface area contributed by atoms with Gasteiger partial charge in [-0.3, -0.25) is 14.4 Å². The van der Waals surface area contributed by atoms with E-state index in [9.17, 15) is 19.5 Å². The molecule has 1 saturated heterocycles. The van der Waals surface area contributed by atoms with Crippen molar-refractivity contribution in [2.24, 2.45) is 5.92 Å². The van der Waals surface area contributed by atoms with Crippen LogP contribution < -0.4 is 11.1 Å². The molecule has 0 spiro atoms. The van der Waals surface area contributed by atoms with Crippen LogP contribution in [0.5, 0.6) is 5.88 Å². The van der Waals surface area contributed by atoms with Crippen LogP contribution in [-0.2, 0) is 11.3 Å². The average molecular weight is 374 g/mol. The number of aromatic amines is 1. The summed E-state index contributed by atoms with van der Waals surface area (Å²) in [6.07, 6.45) is 0.988. The molecule has 2 aliphatic rings. The summed E-state index contributed by atoms with van der Waals surface area (Å²) in [4.78, 5) is 44.1. The first-order valence-electron chi connectivity index (χ1n) is 8.40. The van der Waals surface area contributed by atoms with E-state index in [2.05, 4.69) is 9.97 Å². The quantitative estimate of drug-likeness (QED) is 0.594. The smallest absolute Gasteiger partial charge is 0.255 e. The zero-order valence-corrected chi connectivity index (χ0v) is 14.7. The molecule has 1 amide bonds. The van der Waals surface area contributed by atoms with Crippen molar-refractivity contribution < 1.29 is 9.90 Å². The fourth-order valence-electron chi connectivity index (χ4n) is 3.81. The molecule has 1 fully saturated rings. The highest BCUT2D eigenvalue weighted by Crippen LogP contribution is 2.35. The van der Waals surface area contributed by atoms with Crippen molar-refractivity contribution in [2.45, 2.75) is 24.0 Å². The maximum absolute atomic E-state index is 12.6. The summed E-state index contributed by atoms with van der Waals surface area (Å²) in [6, 6.07) is 6.30. The highest BCUT2D eigenvalue weighted by molar-refractivity contribution is 7.99. The van der Waals surface area contributed by atoms with Gasteiger partial charge in [0.25, 0.3) is 11.1 Å². The third-order valence-corrected chi connectivity index (χ3v) is 5.73. The normalized spacial score (nSPS) is 21.3. The van der Waals surface area contributed by atoms with Crippen LogP contribution in [0.3, 0.4) is 0 Å². The number of likely N-dealkylation sites (tertiary alicyclic amines) is 1. The van der Waals surface area contributed by atoms with Crippen molar-refractivity contribution >= 4 is 17.7 Å². The topological polar surface area (TPSA) is 108 Å². The molecule has 2 aromatic heterocycles. The molecule has 0 aromatic carbocycles. The number of amides is 1. The Kier molecular flexibility index (Phi) is 4.31. The standard InChI is InChI=1S/C17H18N4O4S/c22-13-5-14(23)19-17(18-13)26-9-16(25)20-6-10-4-11(8-20)12-2-1-3-15(24)21(12)7-10/h1-3,5,10-11H,4,6-9H2,(H2,18,19,22,23)/t10-,11+/m0/s1. The molecule has 8 nitrogen and oxygen atoms in total. The minimum atomic E-state index is -0.456. The third kappa shape index (κ3) is 3.26. The summed E-state index contributed by atoms with van der Waals surface area (Å²) in [5.41, 5.74) is 0.561. The zero-order chi connectivity index (χ0) is 18.3. The van der Waals surface area contributed by atoms with Crippen LogP contribution >= 0.6 is 11.8 Å². The number of carbonyl (C=O) groups is 1. The molecular formula is C17H18N4O4S. The Morgan fingerprint density at radius 1 is 1.31 bits per heavy atom. The molecule has 0 radical (unpaired) electrons. The average Bonchev–Trinajstić information content (AvgIpc) is 2.60. The maximum atomic E-state index is 12.6. The van der Waals surface area contributed by atoms with Crippen LogP contribution in [0.4, 0.5) is 0 Å². The second kappa shape index (κ2) is 6.64. The van der Waals surface area contributed by atoms with E-state index in [1.807, 2.05) is 15.5 Å². The van der Waals surface area contributed by atoms with Crippen molar-refractivity contribution in [3.05, 3.63) is 50.7 Å². The van der Waals surface area contributed by atoms with E-state index in [1.54, 1.807) is 12.1 Å². The summed E-state index contributed by atoms with van der Waals surface area (Å²) in [6.45, 7) is 1.86. The first-order chi connectivity index (χ1) is 12.5.